The summed E-state index contributed by atoms with van der Waals surface area (Å²) < 4.78 is 5.78. The van der Waals surface area contributed by atoms with Crippen LogP contribution in [0.2, 0.25) is 0 Å². The highest BCUT2D eigenvalue weighted by Gasteiger charge is 2.22. The highest BCUT2D eigenvalue weighted by Crippen LogP contribution is 2.23. The van der Waals surface area contributed by atoms with E-state index in [1.54, 1.807) is 0 Å². The van der Waals surface area contributed by atoms with Gasteiger partial charge in [0, 0.05) is 26.2 Å². The van der Waals surface area contributed by atoms with Crippen LogP contribution in [-0.4, -0.2) is 61.9 Å². The summed E-state index contributed by atoms with van der Waals surface area (Å²) in [6.07, 6.45) is 0.147. The van der Waals surface area contributed by atoms with Gasteiger partial charge in [0.25, 0.3) is 0 Å². The number of rotatable bonds is 6. The quantitative estimate of drug-likeness (QED) is 0.758. The van der Waals surface area contributed by atoms with Gasteiger partial charge in [-0.3, -0.25) is 4.79 Å². The Labute approximate surface area is 125 Å². The Morgan fingerprint density at radius 2 is 2.29 bits per heavy atom. The number of anilines is 2. The van der Waals surface area contributed by atoms with Crippen LogP contribution < -0.4 is 10.6 Å². The first-order chi connectivity index (χ1) is 10.1. The van der Waals surface area contributed by atoms with Gasteiger partial charge in [-0.1, -0.05) is 12.1 Å². The van der Waals surface area contributed by atoms with Gasteiger partial charge in [0.05, 0.1) is 30.5 Å². The van der Waals surface area contributed by atoms with Gasteiger partial charge in [0.1, 0.15) is 0 Å². The SMILES string of the molecule is CN1CCOC(CN(CCC(=O)O)c2ccccc2N)C1. The zero-order valence-electron chi connectivity index (χ0n) is 12.4. The van der Waals surface area contributed by atoms with Crippen molar-refractivity contribution in [2.75, 3.05) is 50.5 Å². The lowest BCUT2D eigenvalue weighted by Gasteiger charge is -2.35. The number of benzene rings is 1. The Balaban J connectivity index is 2.08. The maximum atomic E-state index is 10.9. The van der Waals surface area contributed by atoms with E-state index in [2.05, 4.69) is 11.9 Å². The van der Waals surface area contributed by atoms with Crippen LogP contribution in [0.25, 0.3) is 0 Å². The van der Waals surface area contributed by atoms with E-state index < -0.39 is 5.97 Å². The van der Waals surface area contributed by atoms with E-state index in [0.717, 1.165) is 18.8 Å². The minimum atomic E-state index is -0.809. The number of carbonyl (C=O) groups is 1. The van der Waals surface area contributed by atoms with E-state index in [4.69, 9.17) is 15.6 Å². The number of hydrogen-bond acceptors (Lipinski definition) is 5. The summed E-state index contributed by atoms with van der Waals surface area (Å²) in [4.78, 5) is 15.1. The average Bonchev–Trinajstić information content (AvgIpc) is 2.44. The normalized spacial score (nSPS) is 19.4. The summed E-state index contributed by atoms with van der Waals surface area (Å²) in [5.74, 6) is -0.809. The van der Waals surface area contributed by atoms with Gasteiger partial charge in [0.2, 0.25) is 0 Å². The number of morpholine rings is 1. The first-order valence-corrected chi connectivity index (χ1v) is 7.17. The van der Waals surface area contributed by atoms with Crippen molar-refractivity contribution in [2.24, 2.45) is 0 Å². The molecule has 0 aliphatic carbocycles. The standard InChI is InChI=1S/C15H23N3O3/c1-17-8-9-21-12(10-17)11-18(7-6-15(19)20)14-5-3-2-4-13(14)16/h2-5,12H,6-11,16H2,1H3,(H,19,20). The zero-order valence-corrected chi connectivity index (χ0v) is 12.4. The lowest BCUT2D eigenvalue weighted by Crippen LogP contribution is -2.46. The van der Waals surface area contributed by atoms with Crippen molar-refractivity contribution in [3.63, 3.8) is 0 Å². The van der Waals surface area contributed by atoms with Crippen LogP contribution >= 0.6 is 0 Å². The smallest absolute Gasteiger partial charge is 0.305 e. The topological polar surface area (TPSA) is 79.0 Å². The van der Waals surface area contributed by atoms with E-state index in [-0.39, 0.29) is 12.5 Å². The van der Waals surface area contributed by atoms with Crippen LogP contribution in [0.1, 0.15) is 6.42 Å². The van der Waals surface area contributed by atoms with E-state index in [0.29, 0.717) is 25.4 Å². The van der Waals surface area contributed by atoms with Crippen LogP contribution in [-0.2, 0) is 9.53 Å². The molecule has 21 heavy (non-hydrogen) atoms. The fourth-order valence-corrected chi connectivity index (χ4v) is 2.54. The fourth-order valence-electron chi connectivity index (χ4n) is 2.54. The lowest BCUT2D eigenvalue weighted by molar-refractivity contribution is -0.136. The molecule has 2 rings (SSSR count). The summed E-state index contributed by atoms with van der Waals surface area (Å²) >= 11 is 0. The number of para-hydroxylation sites is 2. The van der Waals surface area contributed by atoms with E-state index >= 15 is 0 Å². The van der Waals surface area contributed by atoms with Crippen molar-refractivity contribution in [2.45, 2.75) is 12.5 Å². The number of carboxylic acids is 1. The molecule has 6 heteroatoms. The molecule has 1 aromatic carbocycles. The summed E-state index contributed by atoms with van der Waals surface area (Å²) in [5, 5.41) is 8.93. The molecular formula is C15H23N3O3. The Morgan fingerprint density at radius 1 is 1.52 bits per heavy atom. The molecule has 6 nitrogen and oxygen atoms in total. The molecule has 1 aliphatic rings. The molecule has 0 spiro atoms. The Bertz CT molecular complexity index is 481. The number of nitrogens with zero attached hydrogens (tertiary/aromatic N) is 2. The molecule has 1 heterocycles. The number of carboxylic acid groups (broad SMARTS) is 1. The van der Waals surface area contributed by atoms with Crippen molar-refractivity contribution < 1.29 is 14.6 Å². The Morgan fingerprint density at radius 3 is 2.95 bits per heavy atom. The number of hydrogen-bond donors (Lipinski definition) is 2. The molecular weight excluding hydrogens is 270 g/mol. The summed E-state index contributed by atoms with van der Waals surface area (Å²) in [6, 6.07) is 7.53. The van der Waals surface area contributed by atoms with Crippen LogP contribution in [0.3, 0.4) is 0 Å². The fraction of sp³-hybridized carbons (Fsp3) is 0.533. The Hall–Kier alpha value is -1.79. The third-order valence-electron chi connectivity index (χ3n) is 3.64. The van der Waals surface area contributed by atoms with Crippen LogP contribution in [0.15, 0.2) is 24.3 Å². The van der Waals surface area contributed by atoms with Gasteiger partial charge in [-0.15, -0.1) is 0 Å². The largest absolute Gasteiger partial charge is 0.481 e. The maximum absolute atomic E-state index is 10.9. The predicted molar refractivity (Wildman–Crippen MR) is 82.6 cm³/mol. The van der Waals surface area contributed by atoms with Crippen LogP contribution in [0.4, 0.5) is 11.4 Å². The number of nitrogens with two attached hydrogens (primary N) is 1. The van der Waals surface area contributed by atoms with E-state index in [1.165, 1.54) is 0 Å². The molecule has 1 aliphatic heterocycles. The number of likely N-dealkylation sites (N-methyl/N-ethyl adjacent to an activating group) is 1. The highest BCUT2D eigenvalue weighted by molar-refractivity contribution is 5.70. The van der Waals surface area contributed by atoms with Crippen molar-refractivity contribution in [1.29, 1.82) is 0 Å². The molecule has 0 saturated carbocycles. The van der Waals surface area contributed by atoms with Crippen molar-refractivity contribution in [3.8, 4) is 0 Å². The molecule has 1 saturated heterocycles. The zero-order chi connectivity index (χ0) is 15.2. The average molecular weight is 293 g/mol. The van der Waals surface area contributed by atoms with Gasteiger partial charge in [0.15, 0.2) is 0 Å². The highest BCUT2D eigenvalue weighted by atomic mass is 16.5. The molecule has 0 radical (unpaired) electrons. The third kappa shape index (κ3) is 4.61. The second kappa shape index (κ2) is 7.28. The van der Waals surface area contributed by atoms with Gasteiger partial charge >= 0.3 is 5.97 Å². The van der Waals surface area contributed by atoms with Gasteiger partial charge < -0.3 is 25.4 Å². The van der Waals surface area contributed by atoms with Gasteiger partial charge in [-0.25, -0.2) is 0 Å². The van der Waals surface area contributed by atoms with Crippen molar-refractivity contribution >= 4 is 17.3 Å². The molecule has 116 valence electrons. The lowest BCUT2D eigenvalue weighted by atomic mass is 10.2. The first-order valence-electron chi connectivity index (χ1n) is 7.17. The van der Waals surface area contributed by atoms with Crippen molar-refractivity contribution in [1.82, 2.24) is 4.90 Å². The van der Waals surface area contributed by atoms with Gasteiger partial charge in [-0.05, 0) is 19.2 Å². The predicted octanol–water partition coefficient (Wildman–Crippen LogP) is 0.881. The minimum absolute atomic E-state index is 0.0668. The molecule has 0 amide bonds. The van der Waals surface area contributed by atoms with Crippen LogP contribution in [0.5, 0.6) is 0 Å². The third-order valence-corrected chi connectivity index (χ3v) is 3.64. The molecule has 1 unspecified atom stereocenters. The second-order valence-corrected chi connectivity index (χ2v) is 5.40. The molecule has 0 aromatic heterocycles. The molecule has 1 aromatic rings. The summed E-state index contributed by atoms with van der Waals surface area (Å²) in [5.41, 5.74) is 7.55. The molecule has 1 fully saturated rings. The first kappa shape index (κ1) is 15.6. The Kier molecular flexibility index (Phi) is 5.41. The number of nitrogen functional groups attached to an aromatic ring is 1. The van der Waals surface area contributed by atoms with Crippen molar-refractivity contribution in [3.05, 3.63) is 24.3 Å². The van der Waals surface area contributed by atoms with Gasteiger partial charge in [-0.2, -0.15) is 0 Å². The molecule has 1 atom stereocenters. The second-order valence-electron chi connectivity index (χ2n) is 5.40. The summed E-state index contributed by atoms with van der Waals surface area (Å²) in [6.45, 7) is 3.55. The van der Waals surface area contributed by atoms with Crippen LogP contribution in [0, 0.1) is 0 Å². The van der Waals surface area contributed by atoms with E-state index in [1.807, 2.05) is 29.2 Å². The monoisotopic (exact) mass is 293 g/mol. The molecule has 0 bridgehead atoms. The minimum Gasteiger partial charge on any atom is -0.481 e. The van der Waals surface area contributed by atoms with E-state index in [9.17, 15) is 4.79 Å². The molecule has 3 N–H and O–H groups in total. The number of ether oxygens (including phenoxy) is 1. The maximum Gasteiger partial charge on any atom is 0.305 e. The number of aliphatic carboxylic acids is 1. The summed E-state index contributed by atoms with van der Waals surface area (Å²) in [7, 11) is 2.06.